The van der Waals surface area contributed by atoms with E-state index in [0.717, 1.165) is 24.2 Å². The van der Waals surface area contributed by atoms with Crippen LogP contribution in [0.25, 0.3) is 0 Å². The van der Waals surface area contributed by atoms with Gasteiger partial charge >= 0.3 is 5.97 Å². The molecule has 19 heavy (non-hydrogen) atoms. The van der Waals surface area contributed by atoms with E-state index in [-0.39, 0.29) is 5.69 Å². The van der Waals surface area contributed by atoms with Crippen molar-refractivity contribution in [3.63, 3.8) is 0 Å². The molecule has 2 aliphatic carbocycles. The Kier molecular flexibility index (Phi) is 3.49. The van der Waals surface area contributed by atoms with Crippen molar-refractivity contribution >= 4 is 5.97 Å². The van der Waals surface area contributed by atoms with Gasteiger partial charge in [-0.05, 0) is 25.7 Å². The van der Waals surface area contributed by atoms with Gasteiger partial charge < -0.3 is 5.11 Å². The summed E-state index contributed by atoms with van der Waals surface area (Å²) in [5.41, 5.74) is 2.18. The molecule has 0 spiro atoms. The van der Waals surface area contributed by atoms with E-state index in [4.69, 9.17) is 5.11 Å². The lowest BCUT2D eigenvalue weighted by molar-refractivity contribution is 0.0689. The Morgan fingerprint density at radius 1 is 1.00 bits per heavy atom. The van der Waals surface area contributed by atoms with Crippen LogP contribution in [0, 0.1) is 0 Å². The lowest BCUT2D eigenvalue weighted by Crippen LogP contribution is -2.13. The SMILES string of the molecule is O=C(O)c1cnc(C2CCCC2)c(C2CCCC2)n1. The predicted octanol–water partition coefficient (Wildman–Crippen LogP) is 3.49. The average Bonchev–Trinajstić information content (AvgIpc) is 3.11. The van der Waals surface area contributed by atoms with Gasteiger partial charge in [0.25, 0.3) is 0 Å². The minimum atomic E-state index is -0.968. The smallest absolute Gasteiger partial charge is 0.356 e. The fraction of sp³-hybridized carbons (Fsp3) is 0.667. The van der Waals surface area contributed by atoms with E-state index in [1.807, 2.05) is 0 Å². The van der Waals surface area contributed by atoms with Crippen molar-refractivity contribution in [3.8, 4) is 0 Å². The molecule has 0 amide bonds. The van der Waals surface area contributed by atoms with Crippen LogP contribution in [0.2, 0.25) is 0 Å². The maximum atomic E-state index is 11.1. The van der Waals surface area contributed by atoms with Crippen molar-refractivity contribution < 1.29 is 9.90 Å². The van der Waals surface area contributed by atoms with Gasteiger partial charge in [-0.15, -0.1) is 0 Å². The van der Waals surface area contributed by atoms with Gasteiger partial charge in [-0.2, -0.15) is 0 Å². The maximum Gasteiger partial charge on any atom is 0.356 e. The van der Waals surface area contributed by atoms with Crippen LogP contribution >= 0.6 is 0 Å². The third-order valence-electron chi connectivity index (χ3n) is 4.53. The Hall–Kier alpha value is -1.45. The molecule has 102 valence electrons. The molecule has 1 aromatic heterocycles. The number of carbonyl (C=O) groups is 1. The van der Waals surface area contributed by atoms with Crippen LogP contribution in [0.15, 0.2) is 6.20 Å². The highest BCUT2D eigenvalue weighted by molar-refractivity contribution is 5.84. The summed E-state index contributed by atoms with van der Waals surface area (Å²) in [6, 6.07) is 0. The number of aromatic carboxylic acids is 1. The van der Waals surface area contributed by atoms with E-state index in [1.54, 1.807) is 0 Å². The van der Waals surface area contributed by atoms with Gasteiger partial charge in [0.2, 0.25) is 0 Å². The molecule has 3 rings (SSSR count). The fourth-order valence-corrected chi connectivity index (χ4v) is 3.53. The number of hydrogen-bond acceptors (Lipinski definition) is 3. The third kappa shape index (κ3) is 2.48. The zero-order valence-electron chi connectivity index (χ0n) is 11.1. The van der Waals surface area contributed by atoms with Crippen LogP contribution < -0.4 is 0 Å². The molecule has 0 unspecified atom stereocenters. The first-order valence-corrected chi connectivity index (χ1v) is 7.36. The third-order valence-corrected chi connectivity index (χ3v) is 4.53. The van der Waals surface area contributed by atoms with Crippen LogP contribution in [0.4, 0.5) is 0 Å². The highest BCUT2D eigenvalue weighted by Gasteiger charge is 2.28. The fourth-order valence-electron chi connectivity index (χ4n) is 3.53. The summed E-state index contributed by atoms with van der Waals surface area (Å²) in [5, 5.41) is 9.11. The second-order valence-electron chi connectivity index (χ2n) is 5.79. The molecule has 1 heterocycles. The number of hydrogen-bond donors (Lipinski definition) is 1. The standard InChI is InChI=1S/C15H20N2O2/c18-15(19)12-9-16-13(10-5-1-2-6-10)14(17-12)11-7-3-4-8-11/h9-11H,1-8H2,(H,18,19). The van der Waals surface area contributed by atoms with Crippen LogP contribution in [-0.2, 0) is 0 Å². The lowest BCUT2D eigenvalue weighted by atomic mass is 9.93. The van der Waals surface area contributed by atoms with E-state index in [9.17, 15) is 4.79 Å². The largest absolute Gasteiger partial charge is 0.476 e. The van der Waals surface area contributed by atoms with E-state index in [2.05, 4.69) is 9.97 Å². The first-order chi connectivity index (χ1) is 9.25. The van der Waals surface area contributed by atoms with Crippen molar-refractivity contribution in [2.75, 3.05) is 0 Å². The summed E-state index contributed by atoms with van der Waals surface area (Å²) in [6.07, 6.45) is 11.1. The molecule has 2 fully saturated rings. The van der Waals surface area contributed by atoms with E-state index in [0.29, 0.717) is 11.8 Å². The van der Waals surface area contributed by atoms with Crippen molar-refractivity contribution in [3.05, 3.63) is 23.3 Å². The summed E-state index contributed by atoms with van der Waals surface area (Å²) < 4.78 is 0. The van der Waals surface area contributed by atoms with Gasteiger partial charge in [0.1, 0.15) is 0 Å². The van der Waals surface area contributed by atoms with Crippen molar-refractivity contribution in [1.29, 1.82) is 0 Å². The Balaban J connectivity index is 1.98. The predicted molar refractivity (Wildman–Crippen MR) is 71.4 cm³/mol. The van der Waals surface area contributed by atoms with Gasteiger partial charge in [-0.25, -0.2) is 9.78 Å². The molecule has 2 aliphatic rings. The highest BCUT2D eigenvalue weighted by Crippen LogP contribution is 2.40. The van der Waals surface area contributed by atoms with Crippen LogP contribution in [0.3, 0.4) is 0 Å². The Bertz CT molecular complexity index is 475. The molecule has 1 aromatic rings. The van der Waals surface area contributed by atoms with Gasteiger partial charge in [-0.1, -0.05) is 25.7 Å². The minimum Gasteiger partial charge on any atom is -0.476 e. The highest BCUT2D eigenvalue weighted by atomic mass is 16.4. The average molecular weight is 260 g/mol. The Labute approximate surface area is 113 Å². The lowest BCUT2D eigenvalue weighted by Gasteiger charge is -2.17. The van der Waals surface area contributed by atoms with E-state index in [1.165, 1.54) is 44.7 Å². The zero-order valence-corrected chi connectivity index (χ0v) is 11.1. The van der Waals surface area contributed by atoms with Gasteiger partial charge in [0.15, 0.2) is 5.69 Å². The molecule has 0 aliphatic heterocycles. The van der Waals surface area contributed by atoms with Gasteiger partial charge in [0.05, 0.1) is 17.6 Å². The molecule has 4 heteroatoms. The second-order valence-corrected chi connectivity index (χ2v) is 5.79. The Morgan fingerprint density at radius 3 is 2.05 bits per heavy atom. The first kappa shape index (κ1) is 12.6. The molecular weight excluding hydrogens is 240 g/mol. The number of aromatic nitrogens is 2. The van der Waals surface area contributed by atoms with Crippen molar-refractivity contribution in [2.45, 2.75) is 63.2 Å². The summed E-state index contributed by atoms with van der Waals surface area (Å²) in [4.78, 5) is 20.0. The molecule has 2 saturated carbocycles. The summed E-state index contributed by atoms with van der Waals surface area (Å²) >= 11 is 0. The van der Waals surface area contributed by atoms with Crippen LogP contribution in [-0.4, -0.2) is 21.0 Å². The van der Waals surface area contributed by atoms with Gasteiger partial charge in [-0.3, -0.25) is 4.98 Å². The normalized spacial score (nSPS) is 21.1. The molecule has 4 nitrogen and oxygen atoms in total. The zero-order chi connectivity index (χ0) is 13.2. The van der Waals surface area contributed by atoms with Crippen LogP contribution in [0.1, 0.15) is 85.1 Å². The number of nitrogens with zero attached hydrogens (tertiary/aromatic N) is 2. The number of rotatable bonds is 3. The molecule has 0 aromatic carbocycles. The number of carboxylic acid groups (broad SMARTS) is 1. The minimum absolute atomic E-state index is 0.101. The summed E-state index contributed by atoms with van der Waals surface area (Å²) in [5.74, 6) is -0.0296. The Morgan fingerprint density at radius 2 is 1.53 bits per heavy atom. The van der Waals surface area contributed by atoms with Gasteiger partial charge in [0, 0.05) is 11.8 Å². The van der Waals surface area contributed by atoms with Crippen molar-refractivity contribution in [1.82, 2.24) is 9.97 Å². The molecule has 0 radical (unpaired) electrons. The molecule has 0 saturated heterocycles. The summed E-state index contributed by atoms with van der Waals surface area (Å²) in [6.45, 7) is 0. The number of carboxylic acids is 1. The second kappa shape index (κ2) is 5.27. The van der Waals surface area contributed by atoms with E-state index >= 15 is 0 Å². The van der Waals surface area contributed by atoms with Crippen molar-refractivity contribution in [2.24, 2.45) is 0 Å². The quantitative estimate of drug-likeness (QED) is 0.903. The maximum absolute atomic E-state index is 11.1. The van der Waals surface area contributed by atoms with E-state index < -0.39 is 5.97 Å². The molecule has 0 bridgehead atoms. The monoisotopic (exact) mass is 260 g/mol. The first-order valence-electron chi connectivity index (χ1n) is 7.36. The summed E-state index contributed by atoms with van der Waals surface area (Å²) in [7, 11) is 0. The van der Waals surface area contributed by atoms with Crippen LogP contribution in [0.5, 0.6) is 0 Å². The topological polar surface area (TPSA) is 63.1 Å². The molecular formula is C15H20N2O2. The molecule has 1 N–H and O–H groups in total. The molecule has 0 atom stereocenters.